The van der Waals surface area contributed by atoms with Gasteiger partial charge in [0.2, 0.25) is 25.0 Å². The zero-order valence-corrected chi connectivity index (χ0v) is 22.8. The fraction of sp³-hybridized carbons (Fsp3) is 0.320. The third-order valence-electron chi connectivity index (χ3n) is 6.02. The highest BCUT2D eigenvalue weighted by Crippen LogP contribution is 2.25. The van der Waals surface area contributed by atoms with Crippen molar-refractivity contribution in [1.82, 2.24) is 14.3 Å². The summed E-state index contributed by atoms with van der Waals surface area (Å²) in [5.74, 6) is -0.784. The lowest BCUT2D eigenvalue weighted by Crippen LogP contribution is -2.39. The van der Waals surface area contributed by atoms with Crippen LogP contribution in [-0.4, -0.2) is 50.1 Å². The highest BCUT2D eigenvalue weighted by Gasteiger charge is 2.29. The Morgan fingerprint density at radius 1 is 1.14 bits per heavy atom. The number of aromatic nitrogens is 2. The second-order valence-corrected chi connectivity index (χ2v) is 13.4. The normalized spacial score (nSPS) is 16.9. The topological polar surface area (TPSA) is 126 Å². The molecule has 2 aromatic carbocycles. The summed E-state index contributed by atoms with van der Waals surface area (Å²) >= 11 is 6.11. The van der Waals surface area contributed by atoms with E-state index in [1.165, 1.54) is 28.6 Å². The van der Waals surface area contributed by atoms with Gasteiger partial charge in [-0.05, 0) is 55.5 Å². The van der Waals surface area contributed by atoms with Crippen molar-refractivity contribution >= 4 is 43.1 Å². The summed E-state index contributed by atoms with van der Waals surface area (Å²) in [6, 6.07) is 12.8. The van der Waals surface area contributed by atoms with E-state index in [1.807, 2.05) is 19.9 Å². The number of hydrogen-bond acceptors (Lipinski definition) is 7. The maximum atomic E-state index is 13.0. The van der Waals surface area contributed by atoms with E-state index in [0.717, 1.165) is 24.6 Å². The van der Waals surface area contributed by atoms with E-state index in [0.29, 0.717) is 30.3 Å². The van der Waals surface area contributed by atoms with Crippen LogP contribution in [0.3, 0.4) is 0 Å². The minimum absolute atomic E-state index is 0.120. The van der Waals surface area contributed by atoms with Crippen LogP contribution in [0.4, 0.5) is 5.69 Å². The Balaban J connectivity index is 1.51. The van der Waals surface area contributed by atoms with Crippen molar-refractivity contribution in [2.24, 2.45) is 5.92 Å². The first-order chi connectivity index (χ1) is 17.5. The lowest BCUT2D eigenvalue weighted by molar-refractivity contribution is 0.102. The molecule has 0 saturated carbocycles. The summed E-state index contributed by atoms with van der Waals surface area (Å²) in [6.45, 7) is 4.83. The first-order valence-corrected chi connectivity index (χ1v) is 15.1. The highest BCUT2D eigenvalue weighted by molar-refractivity contribution is 7.90. The molecule has 1 unspecified atom stereocenters. The number of anilines is 1. The summed E-state index contributed by atoms with van der Waals surface area (Å²) in [5.41, 5.74) is 1.47. The number of carbonyl (C=O) groups is 1. The van der Waals surface area contributed by atoms with Crippen LogP contribution in [0.15, 0.2) is 64.8 Å². The average Bonchev–Trinajstić information content (AvgIpc) is 2.84. The van der Waals surface area contributed by atoms with E-state index in [1.54, 1.807) is 18.2 Å². The van der Waals surface area contributed by atoms with E-state index >= 15 is 0 Å². The number of nitrogens with one attached hydrogen (secondary N) is 1. The number of carbonyl (C=O) groups excluding carboxylic acids is 1. The van der Waals surface area contributed by atoms with Gasteiger partial charge in [0.25, 0.3) is 5.91 Å². The average molecular weight is 563 g/mol. The first-order valence-electron chi connectivity index (χ1n) is 11.7. The molecule has 12 heteroatoms. The number of halogens is 1. The number of rotatable bonds is 7. The molecule has 37 heavy (non-hydrogen) atoms. The molecule has 196 valence electrons. The summed E-state index contributed by atoms with van der Waals surface area (Å²) < 4.78 is 53.2. The van der Waals surface area contributed by atoms with Crippen LogP contribution in [0.2, 0.25) is 5.02 Å². The number of nitrogens with zero attached hydrogens (tertiary/aromatic N) is 3. The number of benzene rings is 2. The van der Waals surface area contributed by atoms with Gasteiger partial charge in [-0.1, -0.05) is 48.4 Å². The Hall–Kier alpha value is -2.86. The predicted octanol–water partition coefficient (Wildman–Crippen LogP) is 4.09. The number of hydrogen-bond donors (Lipinski definition) is 1. The van der Waals surface area contributed by atoms with Crippen LogP contribution in [0, 0.1) is 12.8 Å². The van der Waals surface area contributed by atoms with Crippen molar-refractivity contribution in [1.29, 1.82) is 0 Å². The molecular formula is C25H27ClN4O5S2. The molecule has 1 aromatic heterocycles. The maximum absolute atomic E-state index is 13.0. The highest BCUT2D eigenvalue weighted by atomic mass is 35.5. The zero-order chi connectivity index (χ0) is 26.8. The lowest BCUT2D eigenvalue weighted by Gasteiger charge is -2.30. The maximum Gasteiger partial charge on any atom is 0.275 e. The van der Waals surface area contributed by atoms with Gasteiger partial charge in [0, 0.05) is 18.8 Å². The van der Waals surface area contributed by atoms with Gasteiger partial charge >= 0.3 is 0 Å². The van der Waals surface area contributed by atoms with Crippen LogP contribution >= 0.6 is 11.6 Å². The summed E-state index contributed by atoms with van der Waals surface area (Å²) in [5, 5.41) is 1.95. The number of sulfone groups is 1. The smallest absolute Gasteiger partial charge is 0.275 e. The third-order valence-corrected chi connectivity index (χ3v) is 9.65. The number of piperidine rings is 1. The predicted molar refractivity (Wildman–Crippen MR) is 141 cm³/mol. The van der Waals surface area contributed by atoms with Gasteiger partial charge in [-0.15, -0.1) is 0 Å². The second kappa shape index (κ2) is 10.9. The summed E-state index contributed by atoms with van der Waals surface area (Å²) in [7, 11) is -7.58. The van der Waals surface area contributed by atoms with Gasteiger partial charge in [-0.3, -0.25) is 4.79 Å². The summed E-state index contributed by atoms with van der Waals surface area (Å²) in [4.78, 5) is 20.8. The van der Waals surface area contributed by atoms with Crippen LogP contribution in [0.25, 0.3) is 0 Å². The fourth-order valence-electron chi connectivity index (χ4n) is 4.16. The van der Waals surface area contributed by atoms with Gasteiger partial charge < -0.3 is 5.32 Å². The Labute approximate surface area is 221 Å². The van der Waals surface area contributed by atoms with E-state index in [9.17, 15) is 21.6 Å². The van der Waals surface area contributed by atoms with Crippen molar-refractivity contribution in [2.75, 3.05) is 18.4 Å². The zero-order valence-electron chi connectivity index (χ0n) is 20.4. The number of aryl methyl sites for hydroxylation is 1. The lowest BCUT2D eigenvalue weighted by atomic mass is 10.0. The molecule has 1 amide bonds. The van der Waals surface area contributed by atoms with E-state index in [2.05, 4.69) is 15.3 Å². The standard InChI is InChI=1S/C25H27ClN4O5S2/c1-17-5-3-7-19(13-17)16-36(32,33)25-27-14-22(26)23(29-25)24(31)28-20-8-10-21(11-9-20)37(34,35)30-12-4-6-18(2)15-30/h3,5,7-11,13-14,18H,4,6,12,15-16H2,1-2H3,(H,28,31). The van der Waals surface area contributed by atoms with Gasteiger partial charge in [0.1, 0.15) is 0 Å². The van der Waals surface area contributed by atoms with Crippen molar-refractivity contribution in [3.05, 3.63) is 76.6 Å². The quantitative estimate of drug-likeness (QED) is 0.430. The molecule has 1 N–H and O–H groups in total. The van der Waals surface area contributed by atoms with Crippen molar-refractivity contribution in [2.45, 2.75) is 42.5 Å². The molecule has 1 saturated heterocycles. The molecule has 2 heterocycles. The molecule has 3 aromatic rings. The molecule has 4 rings (SSSR count). The van der Waals surface area contributed by atoms with Crippen LogP contribution < -0.4 is 5.32 Å². The molecule has 1 aliphatic heterocycles. The molecule has 0 aliphatic carbocycles. The van der Waals surface area contributed by atoms with Crippen LogP contribution in [0.5, 0.6) is 0 Å². The molecule has 0 bridgehead atoms. The largest absolute Gasteiger partial charge is 0.321 e. The SMILES string of the molecule is Cc1cccc(CS(=O)(=O)c2ncc(Cl)c(C(=O)Nc3ccc(S(=O)(=O)N4CCCC(C)C4)cc3)n2)c1. The Morgan fingerprint density at radius 3 is 2.54 bits per heavy atom. The molecular weight excluding hydrogens is 536 g/mol. The van der Waals surface area contributed by atoms with E-state index in [4.69, 9.17) is 11.6 Å². The molecule has 1 atom stereocenters. The Morgan fingerprint density at radius 2 is 1.86 bits per heavy atom. The van der Waals surface area contributed by atoms with Gasteiger partial charge in [-0.2, -0.15) is 4.31 Å². The minimum Gasteiger partial charge on any atom is -0.321 e. The molecule has 9 nitrogen and oxygen atoms in total. The number of sulfonamides is 1. The molecule has 0 radical (unpaired) electrons. The third kappa shape index (κ3) is 6.35. The van der Waals surface area contributed by atoms with Gasteiger partial charge in [0.15, 0.2) is 5.69 Å². The van der Waals surface area contributed by atoms with Gasteiger partial charge in [0.05, 0.1) is 21.9 Å². The molecule has 1 aliphatic rings. The second-order valence-electron chi connectivity index (χ2n) is 9.19. The van der Waals surface area contributed by atoms with Crippen LogP contribution in [-0.2, 0) is 25.6 Å². The minimum atomic E-state index is -3.94. The fourth-order valence-corrected chi connectivity index (χ4v) is 7.13. The summed E-state index contributed by atoms with van der Waals surface area (Å²) in [6.07, 6.45) is 2.89. The monoisotopic (exact) mass is 562 g/mol. The van der Waals surface area contributed by atoms with Crippen molar-refractivity contribution < 1.29 is 21.6 Å². The van der Waals surface area contributed by atoms with Crippen molar-refractivity contribution in [3.8, 4) is 0 Å². The van der Waals surface area contributed by atoms with Crippen molar-refractivity contribution in [3.63, 3.8) is 0 Å². The number of amides is 1. The Bertz CT molecular complexity index is 1530. The van der Waals surface area contributed by atoms with Gasteiger partial charge in [-0.25, -0.2) is 26.8 Å². The Kier molecular flexibility index (Phi) is 7.98. The molecule has 1 fully saturated rings. The molecule has 0 spiro atoms. The van der Waals surface area contributed by atoms with E-state index in [-0.39, 0.29) is 21.4 Å². The van der Waals surface area contributed by atoms with Crippen LogP contribution in [0.1, 0.15) is 41.4 Å². The first kappa shape index (κ1) is 27.2. The van der Waals surface area contributed by atoms with E-state index < -0.39 is 30.9 Å².